The van der Waals surface area contributed by atoms with Gasteiger partial charge >= 0.3 is 6.09 Å². The summed E-state index contributed by atoms with van der Waals surface area (Å²) in [6, 6.07) is 6.46. The number of amidine groups is 1. The van der Waals surface area contributed by atoms with E-state index in [9.17, 15) is 19.4 Å². The summed E-state index contributed by atoms with van der Waals surface area (Å²) < 4.78 is 14.6. The number of rotatable bonds is 1. The minimum absolute atomic E-state index is 0.0243. The second kappa shape index (κ2) is 6.29. The molecule has 1 aromatic rings. The van der Waals surface area contributed by atoms with Crippen molar-refractivity contribution in [2.24, 2.45) is 10.9 Å². The number of nitrogens with zero attached hydrogens (tertiary/aromatic N) is 2. The van der Waals surface area contributed by atoms with Crippen molar-refractivity contribution in [3.8, 4) is 0 Å². The molecule has 1 aromatic carbocycles. The Kier molecular flexibility index (Phi) is 4.58. The van der Waals surface area contributed by atoms with Crippen LogP contribution in [0.2, 0.25) is 0 Å². The highest BCUT2D eigenvalue weighted by atomic mass is 32.2. The van der Waals surface area contributed by atoms with Crippen molar-refractivity contribution in [2.45, 2.75) is 50.8 Å². The largest absolute Gasteiger partial charge is 0.465 e. The van der Waals surface area contributed by atoms with Crippen molar-refractivity contribution in [1.82, 2.24) is 4.90 Å². The highest BCUT2D eigenvalue weighted by molar-refractivity contribution is 8.13. The van der Waals surface area contributed by atoms with Crippen LogP contribution in [0.15, 0.2) is 29.3 Å². The van der Waals surface area contributed by atoms with Crippen LogP contribution in [0.1, 0.15) is 39.2 Å². The van der Waals surface area contributed by atoms with Gasteiger partial charge in [0.15, 0.2) is 5.17 Å². The van der Waals surface area contributed by atoms with Gasteiger partial charge in [-0.25, -0.2) is 14.2 Å². The van der Waals surface area contributed by atoms with Gasteiger partial charge < -0.3 is 10.2 Å². The summed E-state index contributed by atoms with van der Waals surface area (Å²) in [6.07, 6.45) is -0.804. The molecule has 2 aliphatic rings. The van der Waals surface area contributed by atoms with E-state index in [1.807, 2.05) is 0 Å². The molecule has 25 heavy (non-hydrogen) atoms. The number of aliphatic hydroxyl groups is 1. The third kappa shape index (κ3) is 3.15. The number of hydrogen-bond donors (Lipinski definition) is 2. The maximum absolute atomic E-state index is 14.6. The zero-order chi connectivity index (χ0) is 18.4. The van der Waals surface area contributed by atoms with E-state index in [1.54, 1.807) is 39.0 Å². The van der Waals surface area contributed by atoms with E-state index in [4.69, 9.17) is 4.99 Å². The standard InChI is InChI=1S/C18H23FN2O3S/c1-17(2,3)21(16(23)24)15-20-18(13-6-4-5-7-14(13)19)9-12(22)8-11(18)10-25-15/h4-7,11-12,22H,8-10H2,1-3H3,(H,23,24)/t11-,12-,18-/m0/s1. The summed E-state index contributed by atoms with van der Waals surface area (Å²) >= 11 is 1.37. The monoisotopic (exact) mass is 366 g/mol. The molecule has 0 saturated heterocycles. The molecule has 3 rings (SSSR count). The van der Waals surface area contributed by atoms with Crippen LogP contribution in [0.5, 0.6) is 0 Å². The Labute approximate surface area is 150 Å². The molecule has 1 fully saturated rings. The van der Waals surface area contributed by atoms with E-state index in [-0.39, 0.29) is 11.7 Å². The fraction of sp³-hybridized carbons (Fsp3) is 0.556. The van der Waals surface area contributed by atoms with E-state index in [0.717, 1.165) is 0 Å². The summed E-state index contributed by atoms with van der Waals surface area (Å²) in [5.41, 5.74) is -1.14. The fourth-order valence-corrected chi connectivity index (χ4v) is 5.30. The van der Waals surface area contributed by atoms with Crippen LogP contribution < -0.4 is 0 Å². The molecule has 7 heteroatoms. The Morgan fingerprint density at radius 3 is 2.68 bits per heavy atom. The molecule has 1 amide bonds. The van der Waals surface area contributed by atoms with E-state index in [1.165, 1.54) is 22.7 Å². The minimum atomic E-state index is -1.08. The lowest BCUT2D eigenvalue weighted by molar-refractivity contribution is 0.141. The molecule has 1 saturated carbocycles. The number of carboxylic acid groups (broad SMARTS) is 1. The van der Waals surface area contributed by atoms with Crippen LogP contribution in [-0.4, -0.2) is 43.8 Å². The second-order valence-corrected chi connectivity index (χ2v) is 8.68. The van der Waals surface area contributed by atoms with E-state index in [0.29, 0.717) is 29.3 Å². The zero-order valence-corrected chi connectivity index (χ0v) is 15.4. The van der Waals surface area contributed by atoms with E-state index >= 15 is 0 Å². The van der Waals surface area contributed by atoms with Crippen LogP contribution >= 0.6 is 11.8 Å². The Morgan fingerprint density at radius 2 is 2.08 bits per heavy atom. The van der Waals surface area contributed by atoms with Gasteiger partial charge in [0.2, 0.25) is 0 Å². The number of thioether (sulfide) groups is 1. The number of hydrogen-bond acceptors (Lipinski definition) is 4. The summed E-state index contributed by atoms with van der Waals surface area (Å²) in [5.74, 6) is 0.211. The van der Waals surface area contributed by atoms with Gasteiger partial charge in [0.05, 0.1) is 11.6 Å². The van der Waals surface area contributed by atoms with Gasteiger partial charge in [0.25, 0.3) is 0 Å². The normalized spacial score (nSPS) is 29.1. The molecule has 0 bridgehead atoms. The van der Waals surface area contributed by atoms with Crippen LogP contribution in [0.3, 0.4) is 0 Å². The van der Waals surface area contributed by atoms with Crippen molar-refractivity contribution < 1.29 is 19.4 Å². The number of carbonyl (C=O) groups is 1. The van der Waals surface area contributed by atoms with Crippen LogP contribution in [0, 0.1) is 11.7 Å². The third-order valence-corrected chi connectivity index (χ3v) is 5.98. The summed E-state index contributed by atoms with van der Waals surface area (Å²) in [6.45, 7) is 5.40. The first-order valence-corrected chi connectivity index (χ1v) is 9.32. The summed E-state index contributed by atoms with van der Waals surface area (Å²) in [4.78, 5) is 17.8. The lowest BCUT2D eigenvalue weighted by atomic mass is 9.81. The van der Waals surface area contributed by atoms with Crippen molar-refractivity contribution in [1.29, 1.82) is 0 Å². The lowest BCUT2D eigenvalue weighted by Crippen LogP contribution is -2.50. The van der Waals surface area contributed by atoms with Gasteiger partial charge in [-0.3, -0.25) is 4.90 Å². The Morgan fingerprint density at radius 1 is 1.40 bits per heavy atom. The predicted octanol–water partition coefficient (Wildman–Crippen LogP) is 3.67. The average Bonchev–Trinajstić information content (AvgIpc) is 2.82. The lowest BCUT2D eigenvalue weighted by Gasteiger charge is -2.41. The van der Waals surface area contributed by atoms with Gasteiger partial charge in [-0.05, 0) is 33.3 Å². The Balaban J connectivity index is 2.15. The number of aliphatic hydroxyl groups excluding tert-OH is 1. The predicted molar refractivity (Wildman–Crippen MR) is 96.3 cm³/mol. The molecule has 1 aliphatic heterocycles. The van der Waals surface area contributed by atoms with Crippen molar-refractivity contribution in [3.63, 3.8) is 0 Å². The molecule has 1 aliphatic carbocycles. The van der Waals surface area contributed by atoms with Crippen LogP contribution in [0.4, 0.5) is 9.18 Å². The topological polar surface area (TPSA) is 73.1 Å². The van der Waals surface area contributed by atoms with Crippen molar-refractivity contribution >= 4 is 23.0 Å². The maximum Gasteiger partial charge on any atom is 0.413 e. The van der Waals surface area contributed by atoms with Gasteiger partial charge in [-0.1, -0.05) is 30.0 Å². The second-order valence-electron chi connectivity index (χ2n) is 7.69. The first-order valence-electron chi connectivity index (χ1n) is 8.34. The Bertz CT molecular complexity index is 719. The molecule has 1 heterocycles. The number of fused-ring (bicyclic) bond motifs is 1. The minimum Gasteiger partial charge on any atom is -0.465 e. The van der Waals surface area contributed by atoms with E-state index < -0.39 is 23.3 Å². The van der Waals surface area contributed by atoms with Crippen LogP contribution in [0.25, 0.3) is 0 Å². The van der Waals surface area contributed by atoms with Gasteiger partial charge in [0, 0.05) is 29.2 Å². The molecular weight excluding hydrogens is 343 g/mol. The fourth-order valence-electron chi connectivity index (χ4n) is 3.83. The molecule has 3 atom stereocenters. The maximum atomic E-state index is 14.6. The third-order valence-electron chi connectivity index (χ3n) is 4.88. The van der Waals surface area contributed by atoms with E-state index in [2.05, 4.69) is 0 Å². The molecular formula is C18H23FN2O3S. The molecule has 5 nitrogen and oxygen atoms in total. The van der Waals surface area contributed by atoms with Gasteiger partial charge in [0.1, 0.15) is 5.82 Å². The first kappa shape index (κ1) is 18.2. The Hall–Kier alpha value is -1.60. The van der Waals surface area contributed by atoms with Gasteiger partial charge in [-0.15, -0.1) is 0 Å². The number of benzene rings is 1. The molecule has 0 aromatic heterocycles. The quantitative estimate of drug-likeness (QED) is 0.795. The molecule has 136 valence electrons. The SMILES string of the molecule is CC(C)(C)N(C(=O)O)C1=N[C@@]2(c3ccccc3F)C[C@@H](O)C[C@H]2CS1. The van der Waals surface area contributed by atoms with Crippen LogP contribution in [-0.2, 0) is 5.54 Å². The highest BCUT2D eigenvalue weighted by Gasteiger charge is 2.52. The van der Waals surface area contributed by atoms with Crippen molar-refractivity contribution in [2.75, 3.05) is 5.75 Å². The average molecular weight is 366 g/mol. The molecule has 0 spiro atoms. The molecule has 2 N–H and O–H groups in total. The summed E-state index contributed by atoms with van der Waals surface area (Å²) in [7, 11) is 0. The van der Waals surface area contributed by atoms with Gasteiger partial charge in [-0.2, -0.15) is 0 Å². The number of halogens is 1. The number of aliphatic imine (C=N–C) groups is 1. The molecule has 0 radical (unpaired) electrons. The first-order chi connectivity index (χ1) is 11.6. The summed E-state index contributed by atoms with van der Waals surface area (Å²) in [5, 5.41) is 20.3. The highest BCUT2D eigenvalue weighted by Crippen LogP contribution is 2.52. The zero-order valence-electron chi connectivity index (χ0n) is 14.6. The van der Waals surface area contributed by atoms with Crippen molar-refractivity contribution in [3.05, 3.63) is 35.6 Å². The smallest absolute Gasteiger partial charge is 0.413 e. The number of amides is 1. The molecule has 0 unspecified atom stereocenters.